The number of hydrogen-bond donors (Lipinski definition) is 2. The lowest BCUT2D eigenvalue weighted by Gasteiger charge is -2.40. The predicted octanol–water partition coefficient (Wildman–Crippen LogP) is 8.90. The predicted molar refractivity (Wildman–Crippen MR) is 213 cm³/mol. The molecule has 1 fully saturated rings. The number of nitrogens with zero attached hydrogens (tertiary/aromatic N) is 3. The van der Waals surface area contributed by atoms with Crippen molar-refractivity contribution in [2.75, 3.05) is 13.2 Å². The van der Waals surface area contributed by atoms with Gasteiger partial charge in [-0.05, 0) is 78.5 Å². The number of aliphatic carboxylic acids is 1. The van der Waals surface area contributed by atoms with Gasteiger partial charge in [-0.3, -0.25) is 14.4 Å². The summed E-state index contributed by atoms with van der Waals surface area (Å²) < 4.78 is 5.91. The average molecular weight is 733 g/mol. The van der Waals surface area contributed by atoms with E-state index in [0.717, 1.165) is 59.4 Å². The van der Waals surface area contributed by atoms with Gasteiger partial charge in [0.2, 0.25) is 5.91 Å². The molecule has 1 aromatic heterocycles. The molecule has 0 radical (unpaired) electrons. The number of carbonyl (C=O) groups excluding carboxylic acids is 2. The first-order chi connectivity index (χ1) is 25.9. The topological polar surface area (TPSA) is 122 Å². The third-order valence-corrected chi connectivity index (χ3v) is 10.5. The highest BCUT2D eigenvalue weighted by atomic mass is 16.5. The Morgan fingerprint density at radius 3 is 2.15 bits per heavy atom. The molecule has 0 spiro atoms. The Kier molecular flexibility index (Phi) is 14.0. The van der Waals surface area contributed by atoms with Gasteiger partial charge in [-0.25, -0.2) is 9.97 Å². The van der Waals surface area contributed by atoms with Crippen LogP contribution in [0.1, 0.15) is 107 Å². The molecule has 2 heterocycles. The highest BCUT2D eigenvalue weighted by Crippen LogP contribution is 2.28. The van der Waals surface area contributed by atoms with Crippen molar-refractivity contribution in [3.8, 4) is 28.3 Å². The number of ether oxygens (including phenoxy) is 1. The van der Waals surface area contributed by atoms with Gasteiger partial charge in [0.25, 0.3) is 5.91 Å². The maximum atomic E-state index is 14.2. The number of hydrogen-bond acceptors (Lipinski definition) is 6. The van der Waals surface area contributed by atoms with Crippen molar-refractivity contribution in [2.24, 2.45) is 5.92 Å². The molecule has 9 nitrogen and oxygen atoms in total. The number of unbranched alkanes of at least 4 members (excludes halogenated alkanes) is 4. The Balaban J connectivity index is 1.27. The Morgan fingerprint density at radius 1 is 0.870 bits per heavy atom. The SMILES string of the molecule is CCCCCCCOc1ccc(-c2cnc(-c3ccc(C[C@H](NC(=O)c4ccc(C(C)(C)C)cc4)C(=O)N4CCC[C@@H](CC(=O)O)[C@H]4C)cc3)nc2)cc1. The van der Waals surface area contributed by atoms with Crippen molar-refractivity contribution >= 4 is 17.8 Å². The largest absolute Gasteiger partial charge is 0.494 e. The van der Waals surface area contributed by atoms with Crippen LogP contribution in [-0.4, -0.2) is 63.0 Å². The maximum absolute atomic E-state index is 14.2. The lowest BCUT2D eigenvalue weighted by molar-refractivity contribution is -0.143. The van der Waals surface area contributed by atoms with Crippen molar-refractivity contribution in [3.05, 3.63) is 102 Å². The minimum Gasteiger partial charge on any atom is -0.494 e. The van der Waals surface area contributed by atoms with Gasteiger partial charge < -0.3 is 20.1 Å². The summed E-state index contributed by atoms with van der Waals surface area (Å²) in [7, 11) is 0. The molecule has 0 unspecified atom stereocenters. The van der Waals surface area contributed by atoms with Gasteiger partial charge in [-0.2, -0.15) is 0 Å². The molecule has 5 rings (SSSR count). The molecule has 286 valence electrons. The van der Waals surface area contributed by atoms with Gasteiger partial charge in [0, 0.05) is 48.1 Å². The number of piperidine rings is 1. The second kappa shape index (κ2) is 18.8. The minimum absolute atomic E-state index is 0.00710. The summed E-state index contributed by atoms with van der Waals surface area (Å²) in [5.41, 5.74) is 5.14. The van der Waals surface area contributed by atoms with Gasteiger partial charge in [0.05, 0.1) is 13.0 Å². The van der Waals surface area contributed by atoms with E-state index < -0.39 is 12.0 Å². The summed E-state index contributed by atoms with van der Waals surface area (Å²) in [5.74, 6) is -0.105. The first-order valence-electron chi connectivity index (χ1n) is 19.5. The number of rotatable bonds is 16. The van der Waals surface area contributed by atoms with Crippen LogP contribution in [0.3, 0.4) is 0 Å². The van der Waals surface area contributed by atoms with E-state index in [1.807, 2.05) is 80.0 Å². The molecule has 0 saturated carbocycles. The van der Waals surface area contributed by atoms with Crippen LogP contribution in [0.25, 0.3) is 22.5 Å². The second-order valence-corrected chi connectivity index (χ2v) is 15.6. The first kappa shape index (κ1) is 40.1. The van der Waals surface area contributed by atoms with E-state index in [9.17, 15) is 19.5 Å². The van der Waals surface area contributed by atoms with E-state index in [-0.39, 0.29) is 42.0 Å². The smallest absolute Gasteiger partial charge is 0.303 e. The van der Waals surface area contributed by atoms with Gasteiger partial charge >= 0.3 is 5.97 Å². The van der Waals surface area contributed by atoms with Gasteiger partial charge in [0.15, 0.2) is 5.82 Å². The molecular weight excluding hydrogens is 677 g/mol. The second-order valence-electron chi connectivity index (χ2n) is 15.6. The molecule has 0 aliphatic carbocycles. The van der Waals surface area contributed by atoms with E-state index in [0.29, 0.717) is 17.9 Å². The van der Waals surface area contributed by atoms with Gasteiger partial charge in [-0.15, -0.1) is 0 Å². The van der Waals surface area contributed by atoms with Crippen LogP contribution >= 0.6 is 0 Å². The fourth-order valence-corrected chi connectivity index (χ4v) is 7.09. The number of nitrogens with one attached hydrogen (secondary N) is 1. The van der Waals surface area contributed by atoms with Crippen LogP contribution < -0.4 is 10.1 Å². The van der Waals surface area contributed by atoms with Crippen molar-refractivity contribution in [1.82, 2.24) is 20.2 Å². The summed E-state index contributed by atoms with van der Waals surface area (Å²) in [6, 6.07) is 22.1. The van der Waals surface area contributed by atoms with Crippen LogP contribution in [0.2, 0.25) is 0 Å². The van der Waals surface area contributed by atoms with Gasteiger partial charge in [0.1, 0.15) is 11.8 Å². The van der Waals surface area contributed by atoms with E-state index in [4.69, 9.17) is 4.74 Å². The average Bonchev–Trinajstić information content (AvgIpc) is 3.16. The Labute approximate surface area is 320 Å². The Morgan fingerprint density at radius 2 is 1.52 bits per heavy atom. The standard InChI is InChI=1S/C45H56N4O5/c1-6-7-8-9-10-26-54-39-23-19-33(20-24-39)37-29-46-42(47-30-37)34-15-13-32(14-16-34)27-40(44(53)49-25-11-12-36(31(49)2)28-41(50)51)48-43(52)35-17-21-38(22-18-35)45(3,4)5/h13-24,29-31,36,40H,6-12,25-28H2,1-5H3,(H,48,52)(H,50,51)/t31-,36+,40+/m1/s1. The van der Waals surface area contributed by atoms with E-state index in [2.05, 4.69) is 43.0 Å². The van der Waals surface area contributed by atoms with E-state index in [1.54, 1.807) is 17.0 Å². The van der Waals surface area contributed by atoms with Crippen molar-refractivity contribution in [1.29, 1.82) is 0 Å². The highest BCUT2D eigenvalue weighted by molar-refractivity contribution is 5.97. The van der Waals surface area contributed by atoms with Crippen molar-refractivity contribution in [2.45, 2.75) is 110 Å². The summed E-state index contributed by atoms with van der Waals surface area (Å²) in [5, 5.41) is 12.5. The molecule has 3 aromatic carbocycles. The third-order valence-electron chi connectivity index (χ3n) is 10.5. The van der Waals surface area contributed by atoms with Crippen molar-refractivity contribution in [3.63, 3.8) is 0 Å². The van der Waals surface area contributed by atoms with E-state index in [1.165, 1.54) is 25.7 Å². The van der Waals surface area contributed by atoms with Crippen molar-refractivity contribution < 1.29 is 24.2 Å². The molecule has 4 aromatic rings. The monoisotopic (exact) mass is 732 g/mol. The molecular formula is C45H56N4O5. The Bertz CT molecular complexity index is 1820. The number of carbonyl (C=O) groups is 3. The van der Waals surface area contributed by atoms with Crippen LogP contribution in [0.5, 0.6) is 5.75 Å². The summed E-state index contributed by atoms with van der Waals surface area (Å²) >= 11 is 0. The number of aromatic nitrogens is 2. The molecule has 1 saturated heterocycles. The fourth-order valence-electron chi connectivity index (χ4n) is 7.09. The molecule has 2 N–H and O–H groups in total. The van der Waals surface area contributed by atoms with Crippen LogP contribution in [-0.2, 0) is 21.4 Å². The van der Waals surface area contributed by atoms with Crippen LogP contribution in [0.4, 0.5) is 0 Å². The molecule has 3 atom stereocenters. The number of carboxylic acids is 1. The van der Waals surface area contributed by atoms with Crippen LogP contribution in [0, 0.1) is 5.92 Å². The van der Waals surface area contributed by atoms with Crippen LogP contribution in [0.15, 0.2) is 85.2 Å². The normalized spacial score (nSPS) is 16.4. The summed E-state index contributed by atoms with van der Waals surface area (Å²) in [6.07, 6.45) is 11.4. The lowest BCUT2D eigenvalue weighted by atomic mass is 9.86. The third kappa shape index (κ3) is 11.0. The molecule has 0 bridgehead atoms. The molecule has 9 heteroatoms. The molecule has 2 amide bonds. The first-order valence-corrected chi connectivity index (χ1v) is 19.5. The molecule has 54 heavy (non-hydrogen) atoms. The number of carboxylic acid groups (broad SMARTS) is 1. The zero-order chi connectivity index (χ0) is 38.7. The zero-order valence-corrected chi connectivity index (χ0v) is 32.5. The van der Waals surface area contributed by atoms with Gasteiger partial charge in [-0.1, -0.05) is 102 Å². The molecule has 1 aliphatic heterocycles. The Hall–Kier alpha value is -5.05. The minimum atomic E-state index is -0.869. The number of likely N-dealkylation sites (tertiary alicyclic amines) is 1. The maximum Gasteiger partial charge on any atom is 0.303 e. The lowest BCUT2D eigenvalue weighted by Crippen LogP contribution is -2.55. The highest BCUT2D eigenvalue weighted by Gasteiger charge is 2.36. The number of amides is 2. The number of benzene rings is 3. The van der Waals surface area contributed by atoms with E-state index >= 15 is 0 Å². The quantitative estimate of drug-likeness (QED) is 0.110. The summed E-state index contributed by atoms with van der Waals surface area (Å²) in [6.45, 7) is 11.7. The zero-order valence-electron chi connectivity index (χ0n) is 32.5. The fraction of sp³-hybridized carbons (Fsp3) is 0.444. The molecule has 1 aliphatic rings. The summed E-state index contributed by atoms with van der Waals surface area (Å²) in [4.78, 5) is 50.3.